The van der Waals surface area contributed by atoms with Gasteiger partial charge in [-0.2, -0.15) is 0 Å². The zero-order chi connectivity index (χ0) is 69.6. The van der Waals surface area contributed by atoms with Gasteiger partial charge in [0.25, 0.3) is 0 Å². The number of aliphatic hydroxyl groups excluding tert-OH is 1. The highest BCUT2D eigenvalue weighted by Gasteiger charge is 2.30. The summed E-state index contributed by atoms with van der Waals surface area (Å²) >= 11 is 0. The number of esters is 4. The van der Waals surface area contributed by atoms with Crippen molar-refractivity contribution in [2.45, 2.75) is 395 Å². The van der Waals surface area contributed by atoms with Crippen LogP contribution >= 0.6 is 15.6 Å². The SMILES string of the molecule is CCC(C)CCCCCCCCCCC(=O)O[C@H](COC(=O)CCCCCCCCCCCCCCCC(C)C)COP(=O)(O)OC[C@@H](O)COP(=O)(O)OC[C@@H](COC(=O)CCCCCCCCC(C)CC)OC(=O)CCCCCCCCCCCCCCCC(C)C. The van der Waals surface area contributed by atoms with Crippen molar-refractivity contribution in [2.24, 2.45) is 23.7 Å². The molecule has 7 atom stereocenters. The van der Waals surface area contributed by atoms with Crippen molar-refractivity contribution in [2.75, 3.05) is 39.6 Å². The van der Waals surface area contributed by atoms with E-state index in [9.17, 15) is 43.2 Å². The quantitative estimate of drug-likeness (QED) is 0.0222. The molecule has 0 amide bonds. The average molecular weight is 1380 g/mol. The zero-order valence-corrected chi connectivity index (χ0v) is 63.4. The normalized spacial score (nSPS) is 14.7. The molecule has 0 aromatic heterocycles. The molecule has 19 heteroatoms. The summed E-state index contributed by atoms with van der Waals surface area (Å²) in [6.45, 7) is 14.2. The Bertz CT molecular complexity index is 1850. The minimum Gasteiger partial charge on any atom is -0.462 e. The van der Waals surface area contributed by atoms with Crippen LogP contribution < -0.4 is 0 Å². The number of carbonyl (C=O) groups is 4. The van der Waals surface area contributed by atoms with Crippen molar-refractivity contribution in [3.63, 3.8) is 0 Å². The average Bonchev–Trinajstić information content (AvgIpc) is 1.44. The lowest BCUT2D eigenvalue weighted by Crippen LogP contribution is -2.30. The number of aliphatic hydroxyl groups is 1. The van der Waals surface area contributed by atoms with Crippen LogP contribution in [0.3, 0.4) is 0 Å². The van der Waals surface area contributed by atoms with E-state index >= 15 is 0 Å². The van der Waals surface area contributed by atoms with Crippen molar-refractivity contribution >= 4 is 39.5 Å². The van der Waals surface area contributed by atoms with E-state index in [1.54, 1.807) is 0 Å². The van der Waals surface area contributed by atoms with Crippen LogP contribution in [-0.2, 0) is 65.4 Å². The number of carbonyl (C=O) groups excluding carboxylic acids is 4. The van der Waals surface area contributed by atoms with Gasteiger partial charge in [0.1, 0.15) is 19.3 Å². The summed E-state index contributed by atoms with van der Waals surface area (Å²) in [5, 5.41) is 10.6. The molecule has 0 fully saturated rings. The number of hydrogen-bond donors (Lipinski definition) is 3. The standard InChI is InChI=1S/C75H146O17P2/c1-9-67(7)53-45-37-29-25-26-32-42-50-58-75(80)92-70(61-85-72(77)55-47-39-30-23-19-15-11-13-17-21-27-35-43-51-65(3)4)63-89-93(81,82)87-59-69(76)60-88-94(83,84)90-64-71(62-86-73(78)56-48-40-34-33-38-46-54-68(8)10-2)91-74(79)57-49-41-31-24-20-16-12-14-18-22-28-36-44-52-66(5)6/h65-71,76H,9-64H2,1-8H3,(H,81,82)(H,83,84)/t67?,68?,69-,70-,71-/m1/s1. The Morgan fingerprint density at radius 1 is 0.298 bits per heavy atom. The van der Waals surface area contributed by atoms with E-state index in [2.05, 4.69) is 55.4 Å². The predicted molar refractivity (Wildman–Crippen MR) is 381 cm³/mol. The first-order valence-electron chi connectivity index (χ1n) is 38.8. The highest BCUT2D eigenvalue weighted by molar-refractivity contribution is 7.47. The van der Waals surface area contributed by atoms with Gasteiger partial charge in [0, 0.05) is 25.7 Å². The summed E-state index contributed by atoms with van der Waals surface area (Å²) in [5.41, 5.74) is 0. The number of unbranched alkanes of at least 4 members (excludes halogenated alkanes) is 36. The highest BCUT2D eigenvalue weighted by Crippen LogP contribution is 2.45. The lowest BCUT2D eigenvalue weighted by atomic mass is 9.99. The molecule has 0 heterocycles. The summed E-state index contributed by atoms with van der Waals surface area (Å²) in [4.78, 5) is 72.8. The summed E-state index contributed by atoms with van der Waals surface area (Å²) in [5.74, 6) is 0.954. The van der Waals surface area contributed by atoms with Crippen LogP contribution in [0.25, 0.3) is 0 Å². The molecule has 0 saturated heterocycles. The minimum absolute atomic E-state index is 0.105. The van der Waals surface area contributed by atoms with Gasteiger partial charge in [0.2, 0.25) is 0 Å². The van der Waals surface area contributed by atoms with E-state index in [-0.39, 0.29) is 25.7 Å². The molecule has 0 aliphatic rings. The molecular formula is C75H146O17P2. The molecule has 0 spiro atoms. The summed E-state index contributed by atoms with van der Waals surface area (Å²) < 4.78 is 68.5. The molecule has 0 bridgehead atoms. The number of phosphoric ester groups is 2. The third-order valence-corrected chi connectivity index (χ3v) is 19.9. The highest BCUT2D eigenvalue weighted by atomic mass is 31.2. The van der Waals surface area contributed by atoms with E-state index in [1.807, 2.05) is 0 Å². The van der Waals surface area contributed by atoms with Crippen molar-refractivity contribution < 1.29 is 80.2 Å². The number of rotatable bonds is 72. The van der Waals surface area contributed by atoms with Gasteiger partial charge in [-0.3, -0.25) is 37.3 Å². The largest absolute Gasteiger partial charge is 0.472 e. The van der Waals surface area contributed by atoms with E-state index < -0.39 is 97.5 Å². The topological polar surface area (TPSA) is 237 Å². The Labute approximate surface area is 575 Å². The van der Waals surface area contributed by atoms with E-state index in [0.717, 1.165) is 120 Å². The molecular weight excluding hydrogens is 1230 g/mol. The molecule has 0 radical (unpaired) electrons. The third-order valence-electron chi connectivity index (χ3n) is 18.0. The maximum absolute atomic E-state index is 13.1. The Kier molecular flexibility index (Phi) is 63.1. The molecule has 0 rings (SSSR count). The van der Waals surface area contributed by atoms with Gasteiger partial charge >= 0.3 is 39.5 Å². The summed E-state index contributed by atoms with van der Waals surface area (Å²) in [7, 11) is -9.91. The summed E-state index contributed by atoms with van der Waals surface area (Å²) in [6.07, 6.45) is 48.5. The van der Waals surface area contributed by atoms with Crippen LogP contribution in [0.4, 0.5) is 0 Å². The Balaban J connectivity index is 5.24. The zero-order valence-electron chi connectivity index (χ0n) is 61.6. The molecule has 17 nitrogen and oxygen atoms in total. The van der Waals surface area contributed by atoms with Crippen molar-refractivity contribution in [3.8, 4) is 0 Å². The molecule has 0 aliphatic heterocycles. The molecule has 4 unspecified atom stereocenters. The van der Waals surface area contributed by atoms with Gasteiger partial charge in [0.15, 0.2) is 12.2 Å². The van der Waals surface area contributed by atoms with Crippen molar-refractivity contribution in [1.82, 2.24) is 0 Å². The van der Waals surface area contributed by atoms with Gasteiger partial charge in [-0.15, -0.1) is 0 Å². The smallest absolute Gasteiger partial charge is 0.462 e. The lowest BCUT2D eigenvalue weighted by Gasteiger charge is -2.21. The number of hydrogen-bond acceptors (Lipinski definition) is 15. The van der Waals surface area contributed by atoms with Crippen LogP contribution in [0.5, 0.6) is 0 Å². The molecule has 0 saturated carbocycles. The molecule has 0 aromatic rings. The Morgan fingerprint density at radius 3 is 0.755 bits per heavy atom. The summed E-state index contributed by atoms with van der Waals surface area (Å²) in [6, 6.07) is 0. The van der Waals surface area contributed by atoms with E-state index in [4.69, 9.17) is 37.0 Å². The first-order valence-corrected chi connectivity index (χ1v) is 41.8. The monoisotopic (exact) mass is 1380 g/mol. The first kappa shape index (κ1) is 92.1. The van der Waals surface area contributed by atoms with Crippen LogP contribution in [0.2, 0.25) is 0 Å². The second-order valence-electron chi connectivity index (χ2n) is 28.5. The fourth-order valence-electron chi connectivity index (χ4n) is 11.3. The fourth-order valence-corrected chi connectivity index (χ4v) is 12.9. The predicted octanol–water partition coefficient (Wildman–Crippen LogP) is 21.7. The molecule has 3 N–H and O–H groups in total. The molecule has 0 aromatic carbocycles. The number of phosphoric acid groups is 2. The molecule has 0 aliphatic carbocycles. The van der Waals surface area contributed by atoms with Gasteiger partial charge < -0.3 is 33.8 Å². The van der Waals surface area contributed by atoms with Gasteiger partial charge in [-0.1, -0.05) is 325 Å². The first-order chi connectivity index (χ1) is 45.2. The molecule has 94 heavy (non-hydrogen) atoms. The van der Waals surface area contributed by atoms with E-state index in [0.29, 0.717) is 25.7 Å². The van der Waals surface area contributed by atoms with Crippen LogP contribution in [0.15, 0.2) is 0 Å². The van der Waals surface area contributed by atoms with Crippen LogP contribution in [-0.4, -0.2) is 96.7 Å². The number of ether oxygens (including phenoxy) is 4. The molecule has 558 valence electrons. The Morgan fingerprint density at radius 2 is 0.511 bits per heavy atom. The fraction of sp³-hybridized carbons (Fsp3) is 0.947. The van der Waals surface area contributed by atoms with Gasteiger partial charge in [-0.25, -0.2) is 9.13 Å². The van der Waals surface area contributed by atoms with Gasteiger partial charge in [-0.05, 0) is 49.4 Å². The van der Waals surface area contributed by atoms with Crippen molar-refractivity contribution in [3.05, 3.63) is 0 Å². The second kappa shape index (κ2) is 64.4. The van der Waals surface area contributed by atoms with Crippen LogP contribution in [0.1, 0.15) is 376 Å². The van der Waals surface area contributed by atoms with Crippen molar-refractivity contribution in [1.29, 1.82) is 0 Å². The lowest BCUT2D eigenvalue weighted by molar-refractivity contribution is -0.161. The third kappa shape index (κ3) is 66.0. The van der Waals surface area contributed by atoms with E-state index in [1.165, 1.54) is 173 Å². The minimum atomic E-state index is -4.96. The maximum Gasteiger partial charge on any atom is 0.472 e. The maximum atomic E-state index is 13.1. The van der Waals surface area contributed by atoms with Crippen LogP contribution in [0, 0.1) is 23.7 Å². The second-order valence-corrected chi connectivity index (χ2v) is 31.4. The van der Waals surface area contributed by atoms with Gasteiger partial charge in [0.05, 0.1) is 26.4 Å². The Hall–Kier alpha value is -1.94.